The number of ether oxygens (including phenoxy) is 1. The SMILES string of the molecule is COC(=O)N1C(=O)C(C)Sc2ccc(CN)cc21. The van der Waals surface area contributed by atoms with Crippen molar-refractivity contribution in [2.75, 3.05) is 12.0 Å². The molecule has 96 valence electrons. The van der Waals surface area contributed by atoms with Crippen molar-refractivity contribution in [3.8, 4) is 0 Å². The van der Waals surface area contributed by atoms with Gasteiger partial charge in [-0.05, 0) is 24.6 Å². The molecule has 2 rings (SSSR count). The second kappa shape index (κ2) is 4.99. The lowest BCUT2D eigenvalue weighted by molar-refractivity contribution is -0.117. The highest BCUT2D eigenvalue weighted by Gasteiger charge is 2.35. The van der Waals surface area contributed by atoms with Crippen LogP contribution < -0.4 is 10.6 Å². The number of methoxy groups -OCH3 is 1. The van der Waals surface area contributed by atoms with Crippen LogP contribution in [-0.4, -0.2) is 24.4 Å². The molecule has 2 amide bonds. The normalized spacial score (nSPS) is 18.5. The Hall–Kier alpha value is -1.53. The average molecular weight is 266 g/mol. The van der Waals surface area contributed by atoms with Crippen LogP contribution in [-0.2, 0) is 16.1 Å². The van der Waals surface area contributed by atoms with Crippen molar-refractivity contribution < 1.29 is 14.3 Å². The van der Waals surface area contributed by atoms with E-state index in [1.807, 2.05) is 12.1 Å². The number of carbonyl (C=O) groups excluding carboxylic acids is 2. The number of fused-ring (bicyclic) bond motifs is 1. The van der Waals surface area contributed by atoms with Crippen molar-refractivity contribution in [1.29, 1.82) is 0 Å². The maximum absolute atomic E-state index is 12.1. The van der Waals surface area contributed by atoms with Gasteiger partial charge in [-0.3, -0.25) is 4.79 Å². The van der Waals surface area contributed by atoms with Gasteiger partial charge in [0.15, 0.2) is 0 Å². The highest BCUT2D eigenvalue weighted by molar-refractivity contribution is 8.01. The minimum Gasteiger partial charge on any atom is -0.452 e. The zero-order chi connectivity index (χ0) is 13.3. The lowest BCUT2D eigenvalue weighted by Gasteiger charge is -2.29. The molecule has 1 aromatic carbocycles. The molecule has 0 fully saturated rings. The van der Waals surface area contributed by atoms with E-state index in [-0.39, 0.29) is 11.2 Å². The van der Waals surface area contributed by atoms with Gasteiger partial charge in [0.05, 0.1) is 18.0 Å². The Morgan fingerprint density at radius 1 is 1.56 bits per heavy atom. The summed E-state index contributed by atoms with van der Waals surface area (Å²) in [5, 5.41) is -0.305. The molecule has 1 aliphatic heterocycles. The third kappa shape index (κ3) is 2.09. The number of benzene rings is 1. The number of rotatable bonds is 1. The molecule has 1 atom stereocenters. The van der Waals surface area contributed by atoms with Crippen molar-refractivity contribution >= 4 is 29.4 Å². The second-order valence-corrected chi connectivity index (χ2v) is 5.29. The first-order valence-electron chi connectivity index (χ1n) is 5.50. The van der Waals surface area contributed by atoms with E-state index in [2.05, 4.69) is 4.74 Å². The summed E-state index contributed by atoms with van der Waals surface area (Å²) >= 11 is 1.43. The first kappa shape index (κ1) is 12.9. The third-order valence-electron chi connectivity index (χ3n) is 2.73. The summed E-state index contributed by atoms with van der Waals surface area (Å²) in [6, 6.07) is 5.52. The fourth-order valence-corrected chi connectivity index (χ4v) is 2.79. The molecule has 1 aromatic rings. The summed E-state index contributed by atoms with van der Waals surface area (Å²) in [4.78, 5) is 25.7. The number of thioether (sulfide) groups is 1. The lowest BCUT2D eigenvalue weighted by atomic mass is 10.1. The first-order chi connectivity index (χ1) is 8.58. The van der Waals surface area contributed by atoms with Crippen LogP contribution >= 0.6 is 11.8 Å². The van der Waals surface area contributed by atoms with Crippen molar-refractivity contribution in [2.24, 2.45) is 5.73 Å². The summed E-state index contributed by atoms with van der Waals surface area (Å²) in [7, 11) is 1.26. The maximum atomic E-state index is 12.1. The smallest absolute Gasteiger partial charge is 0.421 e. The van der Waals surface area contributed by atoms with Gasteiger partial charge >= 0.3 is 6.09 Å². The van der Waals surface area contributed by atoms with E-state index in [1.54, 1.807) is 13.0 Å². The van der Waals surface area contributed by atoms with E-state index >= 15 is 0 Å². The molecule has 0 aliphatic carbocycles. The molecular weight excluding hydrogens is 252 g/mol. The Labute approximate surface area is 109 Å². The van der Waals surface area contributed by atoms with Gasteiger partial charge in [-0.1, -0.05) is 6.07 Å². The molecule has 5 nitrogen and oxygen atoms in total. The zero-order valence-corrected chi connectivity index (χ0v) is 11.0. The number of hydrogen-bond donors (Lipinski definition) is 1. The molecule has 1 heterocycles. The van der Waals surface area contributed by atoms with E-state index < -0.39 is 6.09 Å². The summed E-state index contributed by atoms with van der Waals surface area (Å²) < 4.78 is 4.66. The Morgan fingerprint density at radius 2 is 2.28 bits per heavy atom. The van der Waals surface area contributed by atoms with E-state index in [0.717, 1.165) is 15.4 Å². The minimum atomic E-state index is -0.664. The fourth-order valence-electron chi connectivity index (χ4n) is 1.79. The second-order valence-electron chi connectivity index (χ2n) is 3.91. The van der Waals surface area contributed by atoms with Gasteiger partial charge in [0, 0.05) is 11.4 Å². The number of amides is 2. The van der Waals surface area contributed by atoms with Crippen LogP contribution in [0.1, 0.15) is 12.5 Å². The number of anilines is 1. The van der Waals surface area contributed by atoms with Gasteiger partial charge in [0.2, 0.25) is 5.91 Å². The number of nitrogens with two attached hydrogens (primary N) is 1. The van der Waals surface area contributed by atoms with E-state index in [9.17, 15) is 9.59 Å². The molecule has 0 saturated carbocycles. The van der Waals surface area contributed by atoms with Gasteiger partial charge < -0.3 is 10.5 Å². The van der Waals surface area contributed by atoms with Gasteiger partial charge in [0.1, 0.15) is 0 Å². The monoisotopic (exact) mass is 266 g/mol. The van der Waals surface area contributed by atoms with E-state index in [0.29, 0.717) is 12.2 Å². The van der Waals surface area contributed by atoms with Crippen LogP contribution in [0.25, 0.3) is 0 Å². The standard InChI is InChI=1S/C12H14N2O3S/c1-7-11(15)14(12(16)17-2)9-5-8(6-13)3-4-10(9)18-7/h3-5,7H,6,13H2,1-2H3. The summed E-state index contributed by atoms with van der Waals surface area (Å²) in [6.45, 7) is 2.12. The minimum absolute atomic E-state index is 0.270. The Morgan fingerprint density at radius 3 is 2.89 bits per heavy atom. The molecule has 0 aromatic heterocycles. The van der Waals surface area contributed by atoms with Gasteiger partial charge in [0.25, 0.3) is 0 Å². The van der Waals surface area contributed by atoms with Gasteiger partial charge in [-0.2, -0.15) is 0 Å². The van der Waals surface area contributed by atoms with Crippen molar-refractivity contribution in [1.82, 2.24) is 0 Å². The number of hydrogen-bond acceptors (Lipinski definition) is 5. The molecule has 1 unspecified atom stereocenters. The largest absolute Gasteiger partial charge is 0.452 e. The predicted molar refractivity (Wildman–Crippen MR) is 69.5 cm³/mol. The van der Waals surface area contributed by atoms with Crippen LogP contribution in [0, 0.1) is 0 Å². The third-order valence-corrected chi connectivity index (χ3v) is 3.88. The molecule has 2 N–H and O–H groups in total. The summed E-state index contributed by atoms with van der Waals surface area (Å²) in [5.74, 6) is -0.270. The number of imide groups is 1. The Bertz CT molecular complexity index is 504. The topological polar surface area (TPSA) is 72.6 Å². The average Bonchev–Trinajstić information content (AvgIpc) is 2.39. The molecular formula is C12H14N2O3S. The molecule has 18 heavy (non-hydrogen) atoms. The van der Waals surface area contributed by atoms with Crippen molar-refractivity contribution in [3.63, 3.8) is 0 Å². The summed E-state index contributed by atoms with van der Waals surface area (Å²) in [5.41, 5.74) is 6.99. The first-order valence-corrected chi connectivity index (χ1v) is 6.38. The Balaban J connectivity index is 2.53. The van der Waals surface area contributed by atoms with Gasteiger partial charge in [-0.25, -0.2) is 9.69 Å². The number of carbonyl (C=O) groups is 2. The fraction of sp³-hybridized carbons (Fsp3) is 0.333. The van der Waals surface area contributed by atoms with Crippen LogP contribution in [0.5, 0.6) is 0 Å². The van der Waals surface area contributed by atoms with Gasteiger partial charge in [-0.15, -0.1) is 11.8 Å². The number of nitrogens with zero attached hydrogens (tertiary/aromatic N) is 1. The maximum Gasteiger partial charge on any atom is 0.421 e. The highest BCUT2D eigenvalue weighted by Crippen LogP contribution is 2.39. The van der Waals surface area contributed by atoms with Crippen molar-refractivity contribution in [3.05, 3.63) is 23.8 Å². The quantitative estimate of drug-likeness (QED) is 0.838. The van der Waals surface area contributed by atoms with Crippen LogP contribution in [0.2, 0.25) is 0 Å². The molecule has 0 radical (unpaired) electrons. The highest BCUT2D eigenvalue weighted by atomic mass is 32.2. The van der Waals surface area contributed by atoms with Crippen LogP contribution in [0.4, 0.5) is 10.5 Å². The predicted octanol–water partition coefficient (Wildman–Crippen LogP) is 1.74. The van der Waals surface area contributed by atoms with E-state index in [1.165, 1.54) is 18.9 Å². The molecule has 0 spiro atoms. The molecule has 0 saturated heterocycles. The molecule has 0 bridgehead atoms. The zero-order valence-electron chi connectivity index (χ0n) is 10.2. The van der Waals surface area contributed by atoms with Crippen LogP contribution in [0.3, 0.4) is 0 Å². The van der Waals surface area contributed by atoms with Crippen molar-refractivity contribution in [2.45, 2.75) is 23.6 Å². The van der Waals surface area contributed by atoms with E-state index in [4.69, 9.17) is 5.73 Å². The molecule has 1 aliphatic rings. The Kier molecular flexibility index (Phi) is 3.58. The lowest BCUT2D eigenvalue weighted by Crippen LogP contribution is -2.44. The summed E-state index contributed by atoms with van der Waals surface area (Å²) in [6.07, 6.45) is -0.664. The van der Waals surface area contributed by atoms with Crippen LogP contribution in [0.15, 0.2) is 23.1 Å². The molecule has 6 heteroatoms.